The summed E-state index contributed by atoms with van der Waals surface area (Å²) in [6.45, 7) is 2.68. The SMILES string of the molecule is CN(C(=O)N1CCC2(CC1)OCCO2)c1ccccc1. The fraction of sp³-hybridized carbons (Fsp3) is 0.533. The van der Waals surface area contributed by atoms with Gasteiger partial charge in [-0.25, -0.2) is 4.79 Å². The third-order valence-electron chi connectivity index (χ3n) is 4.04. The number of carbonyl (C=O) groups excluding carboxylic acids is 1. The summed E-state index contributed by atoms with van der Waals surface area (Å²) < 4.78 is 11.4. The van der Waals surface area contributed by atoms with Crippen molar-refractivity contribution in [1.82, 2.24) is 4.90 Å². The molecule has 108 valence electrons. The van der Waals surface area contributed by atoms with Gasteiger partial charge in [0.2, 0.25) is 0 Å². The van der Waals surface area contributed by atoms with Gasteiger partial charge >= 0.3 is 6.03 Å². The first-order valence-corrected chi connectivity index (χ1v) is 7.06. The van der Waals surface area contributed by atoms with Gasteiger partial charge in [-0.05, 0) is 12.1 Å². The second kappa shape index (κ2) is 5.42. The van der Waals surface area contributed by atoms with Crippen LogP contribution in [0, 0.1) is 0 Å². The topological polar surface area (TPSA) is 42.0 Å². The Morgan fingerprint density at radius 2 is 1.75 bits per heavy atom. The minimum absolute atomic E-state index is 0.0315. The molecule has 0 unspecified atom stereocenters. The third kappa shape index (κ3) is 2.51. The first-order chi connectivity index (χ1) is 9.70. The van der Waals surface area contributed by atoms with Gasteiger partial charge in [-0.2, -0.15) is 0 Å². The molecule has 0 radical (unpaired) electrons. The van der Waals surface area contributed by atoms with Crippen molar-refractivity contribution in [2.75, 3.05) is 38.3 Å². The number of piperidine rings is 1. The monoisotopic (exact) mass is 276 g/mol. The Bertz CT molecular complexity index is 461. The number of carbonyl (C=O) groups is 1. The van der Waals surface area contributed by atoms with E-state index in [-0.39, 0.29) is 6.03 Å². The van der Waals surface area contributed by atoms with Gasteiger partial charge in [-0.3, -0.25) is 4.90 Å². The molecule has 0 aromatic heterocycles. The average molecular weight is 276 g/mol. The van der Waals surface area contributed by atoms with E-state index in [0.717, 1.165) is 18.5 Å². The molecule has 20 heavy (non-hydrogen) atoms. The van der Waals surface area contributed by atoms with Crippen LogP contribution in [0.25, 0.3) is 0 Å². The smallest absolute Gasteiger partial charge is 0.324 e. The fourth-order valence-electron chi connectivity index (χ4n) is 2.80. The highest BCUT2D eigenvalue weighted by Crippen LogP contribution is 2.31. The lowest BCUT2D eigenvalue weighted by Crippen LogP contribution is -2.50. The van der Waals surface area contributed by atoms with Crippen LogP contribution in [-0.2, 0) is 9.47 Å². The van der Waals surface area contributed by atoms with E-state index >= 15 is 0 Å². The number of para-hydroxylation sites is 1. The van der Waals surface area contributed by atoms with E-state index in [2.05, 4.69) is 0 Å². The highest BCUT2D eigenvalue weighted by atomic mass is 16.7. The van der Waals surface area contributed by atoms with E-state index in [9.17, 15) is 4.79 Å². The van der Waals surface area contributed by atoms with Gasteiger partial charge in [-0.15, -0.1) is 0 Å². The number of hydrogen-bond acceptors (Lipinski definition) is 3. The van der Waals surface area contributed by atoms with E-state index in [1.165, 1.54) is 0 Å². The van der Waals surface area contributed by atoms with Crippen LogP contribution >= 0.6 is 0 Å². The first kappa shape index (κ1) is 13.4. The molecule has 0 saturated carbocycles. The van der Waals surface area contributed by atoms with E-state index in [0.29, 0.717) is 26.3 Å². The van der Waals surface area contributed by atoms with Crippen molar-refractivity contribution < 1.29 is 14.3 Å². The maximum absolute atomic E-state index is 12.5. The van der Waals surface area contributed by atoms with E-state index < -0.39 is 5.79 Å². The molecule has 0 bridgehead atoms. The van der Waals surface area contributed by atoms with E-state index in [1.54, 1.807) is 4.90 Å². The fourth-order valence-corrected chi connectivity index (χ4v) is 2.80. The normalized spacial score (nSPS) is 21.1. The number of hydrogen-bond donors (Lipinski definition) is 0. The van der Waals surface area contributed by atoms with Crippen molar-refractivity contribution in [2.24, 2.45) is 0 Å². The van der Waals surface area contributed by atoms with Gasteiger partial charge in [0.15, 0.2) is 5.79 Å². The molecule has 5 nitrogen and oxygen atoms in total. The minimum Gasteiger partial charge on any atom is -0.347 e. The molecule has 2 fully saturated rings. The predicted octanol–water partition coefficient (Wildman–Crippen LogP) is 2.08. The number of likely N-dealkylation sites (tertiary alicyclic amines) is 1. The zero-order chi connectivity index (χ0) is 14.0. The number of nitrogens with zero attached hydrogens (tertiary/aromatic N) is 2. The van der Waals surface area contributed by atoms with Crippen LogP contribution in [-0.4, -0.2) is 50.1 Å². The van der Waals surface area contributed by atoms with Crippen molar-refractivity contribution in [3.63, 3.8) is 0 Å². The number of rotatable bonds is 1. The highest BCUT2D eigenvalue weighted by Gasteiger charge is 2.41. The van der Waals surface area contributed by atoms with Crippen LogP contribution in [0.5, 0.6) is 0 Å². The third-order valence-corrected chi connectivity index (χ3v) is 4.04. The number of benzene rings is 1. The largest absolute Gasteiger partial charge is 0.347 e. The van der Waals surface area contributed by atoms with Crippen LogP contribution in [0.2, 0.25) is 0 Å². The Morgan fingerprint density at radius 1 is 1.15 bits per heavy atom. The van der Waals surface area contributed by atoms with Crippen molar-refractivity contribution in [2.45, 2.75) is 18.6 Å². The molecule has 2 heterocycles. The van der Waals surface area contributed by atoms with E-state index in [4.69, 9.17) is 9.47 Å². The van der Waals surface area contributed by atoms with E-state index in [1.807, 2.05) is 42.3 Å². The summed E-state index contributed by atoms with van der Waals surface area (Å²) in [7, 11) is 1.81. The molecular formula is C15H20N2O3. The lowest BCUT2D eigenvalue weighted by molar-refractivity contribution is -0.181. The summed E-state index contributed by atoms with van der Waals surface area (Å²) in [5, 5.41) is 0. The zero-order valence-corrected chi connectivity index (χ0v) is 11.7. The standard InChI is InChI=1S/C15H20N2O3/c1-16(13-5-3-2-4-6-13)14(18)17-9-7-15(8-10-17)19-11-12-20-15/h2-6H,7-12H2,1H3. The molecule has 2 aliphatic heterocycles. The second-order valence-corrected chi connectivity index (χ2v) is 5.27. The van der Waals surface area contributed by atoms with Crippen LogP contribution in [0.4, 0.5) is 10.5 Å². The molecule has 2 aliphatic rings. The maximum Gasteiger partial charge on any atom is 0.324 e. The van der Waals surface area contributed by atoms with Crippen molar-refractivity contribution >= 4 is 11.7 Å². The summed E-state index contributed by atoms with van der Waals surface area (Å²) >= 11 is 0. The number of anilines is 1. The average Bonchev–Trinajstić information content (AvgIpc) is 2.96. The summed E-state index contributed by atoms with van der Waals surface area (Å²) in [6, 6.07) is 9.72. The molecule has 2 amide bonds. The van der Waals surface area contributed by atoms with Gasteiger partial charge < -0.3 is 14.4 Å². The molecular weight excluding hydrogens is 256 g/mol. The summed E-state index contributed by atoms with van der Waals surface area (Å²) in [5.41, 5.74) is 0.908. The summed E-state index contributed by atoms with van der Waals surface area (Å²) in [4.78, 5) is 16.0. The number of ether oxygens (including phenoxy) is 2. The Kier molecular flexibility index (Phi) is 3.63. The lowest BCUT2D eigenvalue weighted by atomic mass is 10.0. The van der Waals surface area contributed by atoms with Crippen LogP contribution in [0.15, 0.2) is 30.3 Å². The first-order valence-electron chi connectivity index (χ1n) is 7.06. The Hall–Kier alpha value is -1.59. The van der Waals surface area contributed by atoms with Crippen LogP contribution in [0.1, 0.15) is 12.8 Å². The molecule has 1 aromatic carbocycles. The van der Waals surface area contributed by atoms with Crippen LogP contribution < -0.4 is 4.90 Å². The zero-order valence-electron chi connectivity index (χ0n) is 11.7. The van der Waals surface area contributed by atoms with Gasteiger partial charge in [0.25, 0.3) is 0 Å². The van der Waals surface area contributed by atoms with Crippen molar-refractivity contribution in [3.8, 4) is 0 Å². The lowest BCUT2D eigenvalue weighted by Gasteiger charge is -2.38. The van der Waals surface area contributed by atoms with Gasteiger partial charge in [0.05, 0.1) is 13.2 Å². The molecule has 1 spiro atoms. The number of urea groups is 1. The molecule has 0 N–H and O–H groups in total. The maximum atomic E-state index is 12.5. The predicted molar refractivity (Wildman–Crippen MR) is 75.7 cm³/mol. The Balaban J connectivity index is 1.61. The van der Waals surface area contributed by atoms with Gasteiger partial charge in [0, 0.05) is 38.7 Å². The minimum atomic E-state index is -0.428. The molecule has 1 aromatic rings. The second-order valence-electron chi connectivity index (χ2n) is 5.27. The Morgan fingerprint density at radius 3 is 2.35 bits per heavy atom. The highest BCUT2D eigenvalue weighted by molar-refractivity contribution is 5.91. The molecule has 2 saturated heterocycles. The molecule has 0 atom stereocenters. The summed E-state index contributed by atoms with van der Waals surface area (Å²) in [6.07, 6.45) is 1.50. The van der Waals surface area contributed by atoms with Gasteiger partial charge in [0.1, 0.15) is 0 Å². The van der Waals surface area contributed by atoms with Crippen molar-refractivity contribution in [1.29, 1.82) is 0 Å². The summed E-state index contributed by atoms with van der Waals surface area (Å²) in [5.74, 6) is -0.428. The Labute approximate surface area is 119 Å². The molecule has 5 heteroatoms. The van der Waals surface area contributed by atoms with Gasteiger partial charge in [-0.1, -0.05) is 18.2 Å². The number of amides is 2. The molecule has 3 rings (SSSR count). The molecule has 0 aliphatic carbocycles. The quantitative estimate of drug-likeness (QED) is 0.788. The van der Waals surface area contributed by atoms with Crippen LogP contribution in [0.3, 0.4) is 0 Å². The van der Waals surface area contributed by atoms with Crippen molar-refractivity contribution in [3.05, 3.63) is 30.3 Å².